The van der Waals surface area contributed by atoms with Gasteiger partial charge in [0.05, 0.1) is 17.3 Å². The van der Waals surface area contributed by atoms with Gasteiger partial charge in [0.15, 0.2) is 11.6 Å². The second-order valence-electron chi connectivity index (χ2n) is 12.5. The summed E-state index contributed by atoms with van der Waals surface area (Å²) in [6.07, 6.45) is -1.74. The highest BCUT2D eigenvalue weighted by atomic mass is 19.4. The van der Waals surface area contributed by atoms with Gasteiger partial charge in [-0.2, -0.15) is 0 Å². The summed E-state index contributed by atoms with van der Waals surface area (Å²) in [5.41, 5.74) is -0.0492. The lowest BCUT2D eigenvalue weighted by atomic mass is 9.44. The number of ether oxygens (including phenoxy) is 1. The van der Waals surface area contributed by atoms with E-state index in [9.17, 15) is 37.5 Å². The second kappa shape index (κ2) is 11.1. The van der Waals surface area contributed by atoms with Crippen molar-refractivity contribution < 1.29 is 42.2 Å². The SMILES string of the molecule is CCN1C(=O)C2CC=C3C(CC4C(=O)C(c5ccccc5)=CC(=O)C4(c4ccccc4)C3c3cc(OC(F)(F)F)ccc3O)C2C1=O. The lowest BCUT2D eigenvalue weighted by Gasteiger charge is -2.55. The Bertz CT molecular complexity index is 1870. The van der Waals surface area contributed by atoms with Crippen LogP contribution in [-0.2, 0) is 24.6 Å². The van der Waals surface area contributed by atoms with Gasteiger partial charge in [-0.3, -0.25) is 24.1 Å². The van der Waals surface area contributed by atoms with Crippen LogP contribution in [0.4, 0.5) is 13.2 Å². The first-order chi connectivity index (χ1) is 22.5. The molecule has 1 N–H and O–H groups in total. The Labute approximate surface area is 268 Å². The van der Waals surface area contributed by atoms with Gasteiger partial charge in [-0.25, -0.2) is 0 Å². The molecule has 2 fully saturated rings. The lowest BCUT2D eigenvalue weighted by Crippen LogP contribution is -2.58. The third-order valence-corrected chi connectivity index (χ3v) is 10.3. The molecule has 6 unspecified atom stereocenters. The highest BCUT2D eigenvalue weighted by molar-refractivity contribution is 6.31. The molecule has 3 aromatic carbocycles. The van der Waals surface area contributed by atoms with Crippen molar-refractivity contribution in [1.82, 2.24) is 4.90 Å². The number of alkyl halides is 3. The van der Waals surface area contributed by atoms with Gasteiger partial charge in [0.1, 0.15) is 11.5 Å². The molecule has 3 aliphatic carbocycles. The maximum absolute atomic E-state index is 14.9. The van der Waals surface area contributed by atoms with E-state index in [1.54, 1.807) is 73.7 Å². The minimum Gasteiger partial charge on any atom is -0.508 e. The van der Waals surface area contributed by atoms with Crippen LogP contribution < -0.4 is 4.74 Å². The van der Waals surface area contributed by atoms with Crippen LogP contribution in [0, 0.1) is 23.7 Å². The molecule has 7 nitrogen and oxygen atoms in total. The van der Waals surface area contributed by atoms with Crippen LogP contribution in [0.5, 0.6) is 11.5 Å². The summed E-state index contributed by atoms with van der Waals surface area (Å²) in [6.45, 7) is 1.87. The monoisotopic (exact) mass is 641 g/mol. The van der Waals surface area contributed by atoms with Crippen LogP contribution in [0.3, 0.4) is 0 Å². The molecule has 1 saturated heterocycles. The maximum atomic E-state index is 14.9. The molecule has 1 saturated carbocycles. The van der Waals surface area contributed by atoms with E-state index >= 15 is 0 Å². The number of halogens is 3. The number of hydrogen-bond donors (Lipinski definition) is 1. The number of rotatable bonds is 5. The molecule has 0 aromatic heterocycles. The van der Waals surface area contributed by atoms with Crippen molar-refractivity contribution in [2.45, 2.75) is 37.5 Å². The molecule has 3 aromatic rings. The molecule has 2 amide bonds. The largest absolute Gasteiger partial charge is 0.573 e. The average Bonchev–Trinajstić information content (AvgIpc) is 3.31. The molecule has 240 valence electrons. The third-order valence-electron chi connectivity index (χ3n) is 10.3. The van der Waals surface area contributed by atoms with Gasteiger partial charge in [-0.1, -0.05) is 72.3 Å². The minimum absolute atomic E-state index is 0.0446. The summed E-state index contributed by atoms with van der Waals surface area (Å²) in [4.78, 5) is 58.1. The van der Waals surface area contributed by atoms with Crippen molar-refractivity contribution in [2.24, 2.45) is 23.7 Å². The summed E-state index contributed by atoms with van der Waals surface area (Å²) in [5.74, 6) is -6.98. The lowest BCUT2D eigenvalue weighted by molar-refractivity contribution is -0.274. The Morgan fingerprint density at radius 1 is 0.915 bits per heavy atom. The number of benzene rings is 3. The molecule has 1 heterocycles. The first kappa shape index (κ1) is 30.7. The molecule has 4 aliphatic rings. The van der Waals surface area contributed by atoms with Gasteiger partial charge in [0.2, 0.25) is 11.8 Å². The molecule has 6 atom stereocenters. The van der Waals surface area contributed by atoms with Gasteiger partial charge in [0, 0.05) is 29.5 Å². The number of phenols is 1. The summed E-state index contributed by atoms with van der Waals surface area (Å²) < 4.78 is 44.5. The fourth-order valence-electron chi connectivity index (χ4n) is 8.56. The zero-order chi connectivity index (χ0) is 33.2. The normalized spacial score (nSPS) is 28.7. The Balaban J connectivity index is 1.53. The zero-order valence-electron chi connectivity index (χ0n) is 25.2. The van der Waals surface area contributed by atoms with Crippen molar-refractivity contribution in [3.63, 3.8) is 0 Å². The number of amides is 2. The topological polar surface area (TPSA) is 101 Å². The number of ketones is 2. The van der Waals surface area contributed by atoms with Crippen molar-refractivity contribution in [2.75, 3.05) is 6.54 Å². The number of fused-ring (bicyclic) bond motifs is 4. The van der Waals surface area contributed by atoms with Crippen LogP contribution in [0.2, 0.25) is 0 Å². The van der Waals surface area contributed by atoms with Crippen LogP contribution in [0.15, 0.2) is 96.6 Å². The molecule has 0 spiro atoms. The fraction of sp³-hybridized carbons (Fsp3) is 0.297. The highest BCUT2D eigenvalue weighted by Gasteiger charge is 2.66. The number of hydrogen-bond acceptors (Lipinski definition) is 6. The molecule has 10 heteroatoms. The summed E-state index contributed by atoms with van der Waals surface area (Å²) >= 11 is 0. The van der Waals surface area contributed by atoms with E-state index in [-0.39, 0.29) is 48.1 Å². The van der Waals surface area contributed by atoms with Gasteiger partial charge in [-0.15, -0.1) is 13.2 Å². The first-order valence-electron chi connectivity index (χ1n) is 15.5. The minimum atomic E-state index is -5.04. The summed E-state index contributed by atoms with van der Waals surface area (Å²) in [5, 5.41) is 11.4. The number of imide groups is 1. The molecule has 47 heavy (non-hydrogen) atoms. The van der Waals surface area contributed by atoms with Gasteiger partial charge < -0.3 is 9.84 Å². The number of nitrogens with zero attached hydrogens (tertiary/aromatic N) is 1. The number of likely N-dealkylation sites (tertiary alicyclic amines) is 1. The molecule has 1 aliphatic heterocycles. The average molecular weight is 642 g/mol. The van der Waals surface area contributed by atoms with Crippen LogP contribution in [-0.4, -0.2) is 46.3 Å². The highest BCUT2D eigenvalue weighted by Crippen LogP contribution is 2.64. The van der Waals surface area contributed by atoms with Gasteiger partial charge >= 0.3 is 6.36 Å². The molecular weight excluding hydrogens is 611 g/mol. The van der Waals surface area contributed by atoms with E-state index in [2.05, 4.69) is 4.74 Å². The van der Waals surface area contributed by atoms with E-state index in [1.807, 2.05) is 0 Å². The number of allylic oxidation sites excluding steroid dienone is 4. The second-order valence-corrected chi connectivity index (χ2v) is 12.5. The number of carbonyl (C=O) groups is 4. The zero-order valence-corrected chi connectivity index (χ0v) is 25.2. The maximum Gasteiger partial charge on any atom is 0.573 e. The van der Waals surface area contributed by atoms with Gasteiger partial charge in [-0.05, 0) is 61.1 Å². The number of Topliss-reactive ketones (excluding diaryl/α,β-unsaturated/α-hetero) is 1. The number of phenolic OH excluding ortho intramolecular Hbond substituents is 1. The van der Waals surface area contributed by atoms with E-state index < -0.39 is 58.6 Å². The van der Waals surface area contributed by atoms with Crippen LogP contribution >= 0.6 is 0 Å². The third kappa shape index (κ3) is 4.64. The smallest absolute Gasteiger partial charge is 0.508 e. The molecule has 0 radical (unpaired) electrons. The van der Waals surface area contributed by atoms with Crippen LogP contribution in [0.25, 0.3) is 5.57 Å². The first-order valence-corrected chi connectivity index (χ1v) is 15.5. The standard InChI is InChI=1S/C37H30F3NO6/c1-2-41-34(45)24-15-14-23-26(31(24)35(41)46)18-28-33(44)25(20-9-5-3-6-10-20)19-30(43)36(28,21-11-7-4-8-12-21)32(23)27-17-22(13-16-29(27)42)47-37(38,39)40/h3-14,16-17,19,24,26,28,31-32,42H,2,15,18H2,1H3. The van der Waals surface area contributed by atoms with Gasteiger partial charge in [0.25, 0.3) is 0 Å². The Hall–Kier alpha value is -4.99. The predicted octanol–water partition coefficient (Wildman–Crippen LogP) is 6.14. The Morgan fingerprint density at radius 3 is 2.26 bits per heavy atom. The van der Waals surface area contributed by atoms with Crippen molar-refractivity contribution >= 4 is 29.0 Å². The predicted molar refractivity (Wildman–Crippen MR) is 164 cm³/mol. The van der Waals surface area contributed by atoms with Crippen molar-refractivity contribution in [1.29, 1.82) is 0 Å². The molecule has 7 rings (SSSR count). The van der Waals surface area contributed by atoms with E-state index in [1.165, 1.54) is 11.0 Å². The number of aromatic hydroxyl groups is 1. The van der Waals surface area contributed by atoms with E-state index in [4.69, 9.17) is 0 Å². The molecule has 0 bridgehead atoms. The summed E-state index contributed by atoms with van der Waals surface area (Å²) in [6, 6.07) is 20.4. The van der Waals surface area contributed by atoms with Crippen molar-refractivity contribution in [3.8, 4) is 11.5 Å². The van der Waals surface area contributed by atoms with Crippen LogP contribution in [0.1, 0.15) is 42.4 Å². The quantitative estimate of drug-likeness (QED) is 0.266. The fourth-order valence-corrected chi connectivity index (χ4v) is 8.56. The van der Waals surface area contributed by atoms with E-state index in [0.717, 1.165) is 18.2 Å². The molecular formula is C37H30F3NO6. The number of carbonyl (C=O) groups excluding carboxylic acids is 4. The summed E-state index contributed by atoms with van der Waals surface area (Å²) in [7, 11) is 0. The Kier molecular flexibility index (Phi) is 7.22. The van der Waals surface area contributed by atoms with Crippen molar-refractivity contribution in [3.05, 3.63) is 113 Å². The Morgan fingerprint density at radius 2 is 1.60 bits per heavy atom. The van der Waals surface area contributed by atoms with E-state index in [0.29, 0.717) is 16.7 Å².